The van der Waals surface area contributed by atoms with Crippen molar-refractivity contribution in [2.24, 2.45) is 5.73 Å². The van der Waals surface area contributed by atoms with Crippen LogP contribution < -0.4 is 20.1 Å². The fourth-order valence-corrected chi connectivity index (χ4v) is 3.44. The van der Waals surface area contributed by atoms with Gasteiger partial charge in [0.15, 0.2) is 17.3 Å². The SMILES string of the molecule is COc1ccc(-c2nc(C(N)=O)c3c(n2)N(c2ccc(C)cc2)C(=O)C3)cc1OC. The molecule has 30 heavy (non-hydrogen) atoms. The Hall–Kier alpha value is -3.94. The quantitative estimate of drug-likeness (QED) is 0.701. The Labute approximate surface area is 173 Å². The van der Waals surface area contributed by atoms with Crippen molar-refractivity contribution in [3.05, 3.63) is 59.3 Å². The molecule has 152 valence electrons. The van der Waals surface area contributed by atoms with Gasteiger partial charge in [0.25, 0.3) is 5.91 Å². The number of benzene rings is 2. The molecule has 0 spiro atoms. The summed E-state index contributed by atoms with van der Waals surface area (Å²) in [6, 6.07) is 12.7. The Balaban J connectivity index is 1.90. The highest BCUT2D eigenvalue weighted by atomic mass is 16.5. The average Bonchev–Trinajstić information content (AvgIpc) is 3.08. The third kappa shape index (κ3) is 3.22. The number of nitrogens with zero attached hydrogens (tertiary/aromatic N) is 3. The zero-order valence-corrected chi connectivity index (χ0v) is 16.8. The summed E-state index contributed by atoms with van der Waals surface area (Å²) in [5, 5.41) is 0. The lowest BCUT2D eigenvalue weighted by Gasteiger charge is -2.18. The van der Waals surface area contributed by atoms with Crippen molar-refractivity contribution < 1.29 is 19.1 Å². The van der Waals surface area contributed by atoms with Crippen LogP contribution in [-0.4, -0.2) is 36.0 Å². The summed E-state index contributed by atoms with van der Waals surface area (Å²) in [6.07, 6.45) is 0.00764. The van der Waals surface area contributed by atoms with Gasteiger partial charge in [-0.2, -0.15) is 0 Å². The number of hydrogen-bond donors (Lipinski definition) is 1. The van der Waals surface area contributed by atoms with Crippen LogP contribution in [-0.2, 0) is 11.2 Å². The Kier molecular flexibility index (Phi) is 4.83. The number of aryl methyl sites for hydroxylation is 1. The van der Waals surface area contributed by atoms with Crippen molar-refractivity contribution in [1.82, 2.24) is 9.97 Å². The minimum absolute atomic E-state index is 0.00764. The Morgan fingerprint density at radius 3 is 2.37 bits per heavy atom. The molecule has 0 bridgehead atoms. The number of carbonyl (C=O) groups excluding carboxylic acids is 2. The Bertz CT molecular complexity index is 1160. The van der Waals surface area contributed by atoms with Crippen molar-refractivity contribution in [2.45, 2.75) is 13.3 Å². The molecule has 0 unspecified atom stereocenters. The lowest BCUT2D eigenvalue weighted by Crippen LogP contribution is -2.21. The number of fused-ring (bicyclic) bond motifs is 1. The average molecular weight is 404 g/mol. The van der Waals surface area contributed by atoms with Gasteiger partial charge in [0, 0.05) is 11.1 Å². The van der Waals surface area contributed by atoms with E-state index in [1.807, 2.05) is 31.2 Å². The van der Waals surface area contributed by atoms with E-state index >= 15 is 0 Å². The molecule has 2 heterocycles. The number of amides is 2. The van der Waals surface area contributed by atoms with E-state index in [4.69, 9.17) is 15.2 Å². The van der Waals surface area contributed by atoms with Gasteiger partial charge >= 0.3 is 0 Å². The van der Waals surface area contributed by atoms with Crippen LogP contribution in [0.4, 0.5) is 11.5 Å². The van der Waals surface area contributed by atoms with Gasteiger partial charge < -0.3 is 15.2 Å². The summed E-state index contributed by atoms with van der Waals surface area (Å²) in [7, 11) is 3.07. The van der Waals surface area contributed by atoms with Crippen LogP contribution in [0.1, 0.15) is 21.6 Å². The van der Waals surface area contributed by atoms with E-state index in [1.165, 1.54) is 12.0 Å². The molecule has 8 nitrogen and oxygen atoms in total. The van der Waals surface area contributed by atoms with Crippen LogP contribution in [0, 0.1) is 6.92 Å². The number of hydrogen-bond acceptors (Lipinski definition) is 6. The molecule has 0 fully saturated rings. The minimum Gasteiger partial charge on any atom is -0.493 e. The molecule has 8 heteroatoms. The normalized spacial score (nSPS) is 12.6. The van der Waals surface area contributed by atoms with E-state index in [-0.39, 0.29) is 23.8 Å². The molecule has 1 aliphatic rings. The Morgan fingerprint density at radius 2 is 1.73 bits per heavy atom. The van der Waals surface area contributed by atoms with Gasteiger partial charge in [-0.15, -0.1) is 0 Å². The maximum Gasteiger partial charge on any atom is 0.267 e. The fraction of sp³-hybridized carbons (Fsp3) is 0.182. The zero-order valence-electron chi connectivity index (χ0n) is 16.8. The number of aromatic nitrogens is 2. The molecule has 2 aromatic carbocycles. The van der Waals surface area contributed by atoms with Crippen LogP contribution in [0.5, 0.6) is 11.5 Å². The second-order valence-electron chi connectivity index (χ2n) is 6.87. The number of anilines is 2. The van der Waals surface area contributed by atoms with Crippen molar-refractivity contribution in [3.8, 4) is 22.9 Å². The predicted octanol–water partition coefficient (Wildman–Crippen LogP) is 2.79. The van der Waals surface area contributed by atoms with E-state index in [0.29, 0.717) is 34.1 Å². The van der Waals surface area contributed by atoms with Crippen molar-refractivity contribution in [2.75, 3.05) is 19.1 Å². The van der Waals surface area contributed by atoms with Gasteiger partial charge in [-0.25, -0.2) is 9.97 Å². The number of carbonyl (C=O) groups is 2. The lowest BCUT2D eigenvalue weighted by molar-refractivity contribution is -0.116. The molecule has 0 radical (unpaired) electrons. The minimum atomic E-state index is -0.714. The number of methoxy groups -OCH3 is 2. The molecule has 4 rings (SSSR count). The van der Waals surface area contributed by atoms with E-state index in [1.54, 1.807) is 25.3 Å². The molecule has 1 aromatic heterocycles. The van der Waals surface area contributed by atoms with Gasteiger partial charge in [-0.3, -0.25) is 14.5 Å². The van der Waals surface area contributed by atoms with Crippen molar-refractivity contribution in [3.63, 3.8) is 0 Å². The number of nitrogens with two attached hydrogens (primary N) is 1. The largest absolute Gasteiger partial charge is 0.493 e. The maximum absolute atomic E-state index is 12.8. The first-order valence-corrected chi connectivity index (χ1v) is 9.25. The van der Waals surface area contributed by atoms with E-state index < -0.39 is 5.91 Å². The van der Waals surface area contributed by atoms with Gasteiger partial charge in [0.1, 0.15) is 11.5 Å². The first-order chi connectivity index (χ1) is 14.4. The first kappa shape index (κ1) is 19.4. The molecule has 0 saturated carbocycles. The third-order valence-electron chi connectivity index (χ3n) is 4.94. The Morgan fingerprint density at radius 1 is 1.03 bits per heavy atom. The number of rotatable bonds is 5. The molecule has 3 aromatic rings. The highest BCUT2D eigenvalue weighted by Gasteiger charge is 2.35. The van der Waals surface area contributed by atoms with E-state index in [9.17, 15) is 9.59 Å². The van der Waals surface area contributed by atoms with Crippen LogP contribution >= 0.6 is 0 Å². The third-order valence-corrected chi connectivity index (χ3v) is 4.94. The molecule has 0 aliphatic carbocycles. The van der Waals surface area contributed by atoms with E-state index in [0.717, 1.165) is 5.56 Å². The van der Waals surface area contributed by atoms with Crippen molar-refractivity contribution in [1.29, 1.82) is 0 Å². The van der Waals surface area contributed by atoms with Gasteiger partial charge in [0.05, 0.1) is 26.3 Å². The first-order valence-electron chi connectivity index (χ1n) is 9.25. The number of ether oxygens (including phenoxy) is 2. The second-order valence-corrected chi connectivity index (χ2v) is 6.87. The summed E-state index contributed by atoms with van der Waals surface area (Å²) in [6.45, 7) is 1.96. The highest BCUT2D eigenvalue weighted by molar-refractivity contribution is 6.09. The van der Waals surface area contributed by atoms with E-state index in [2.05, 4.69) is 9.97 Å². The summed E-state index contributed by atoms with van der Waals surface area (Å²) < 4.78 is 10.6. The van der Waals surface area contributed by atoms with Gasteiger partial charge in [-0.05, 0) is 37.3 Å². The monoisotopic (exact) mass is 404 g/mol. The highest BCUT2D eigenvalue weighted by Crippen LogP contribution is 2.38. The summed E-state index contributed by atoms with van der Waals surface area (Å²) in [4.78, 5) is 35.4. The maximum atomic E-state index is 12.8. The molecule has 1 aliphatic heterocycles. The smallest absolute Gasteiger partial charge is 0.267 e. The van der Waals surface area contributed by atoms with Crippen molar-refractivity contribution >= 4 is 23.3 Å². The summed E-state index contributed by atoms with van der Waals surface area (Å²) in [5.41, 5.74) is 8.37. The standard InChI is InChI=1S/C22H20N4O4/c1-12-4-7-14(8-5-12)26-18(27)11-15-19(20(23)28)24-21(25-22(15)26)13-6-9-16(29-2)17(10-13)30-3/h4-10H,11H2,1-3H3,(H2,23,28). The topological polar surface area (TPSA) is 108 Å². The lowest BCUT2D eigenvalue weighted by atomic mass is 10.1. The zero-order chi connectivity index (χ0) is 21.4. The molecule has 0 atom stereocenters. The second kappa shape index (κ2) is 7.47. The van der Waals surface area contributed by atoms with Crippen LogP contribution in [0.15, 0.2) is 42.5 Å². The van der Waals surface area contributed by atoms with Crippen LogP contribution in [0.25, 0.3) is 11.4 Å². The predicted molar refractivity (Wildman–Crippen MR) is 111 cm³/mol. The molecule has 2 amide bonds. The van der Waals surface area contributed by atoms with Gasteiger partial charge in [-0.1, -0.05) is 17.7 Å². The summed E-state index contributed by atoms with van der Waals surface area (Å²) >= 11 is 0. The van der Waals surface area contributed by atoms with Crippen LogP contribution in [0.3, 0.4) is 0 Å². The van der Waals surface area contributed by atoms with Crippen LogP contribution in [0.2, 0.25) is 0 Å². The number of primary amides is 1. The summed E-state index contributed by atoms with van der Waals surface area (Å²) in [5.74, 6) is 0.747. The molecular weight excluding hydrogens is 384 g/mol. The molecular formula is C22H20N4O4. The fourth-order valence-electron chi connectivity index (χ4n) is 3.44. The molecule has 0 saturated heterocycles. The van der Waals surface area contributed by atoms with Gasteiger partial charge in [0.2, 0.25) is 5.91 Å². The molecule has 2 N–H and O–H groups in total.